The van der Waals surface area contributed by atoms with Crippen LogP contribution in [0.2, 0.25) is 0 Å². The molecule has 0 unspecified atom stereocenters. The van der Waals surface area contributed by atoms with E-state index in [0.29, 0.717) is 22.8 Å². The van der Waals surface area contributed by atoms with E-state index in [4.69, 9.17) is 9.47 Å². The van der Waals surface area contributed by atoms with E-state index >= 15 is 0 Å². The van der Waals surface area contributed by atoms with Crippen LogP contribution in [-0.4, -0.2) is 41.1 Å². The molecule has 0 saturated heterocycles. The summed E-state index contributed by atoms with van der Waals surface area (Å²) in [6, 6.07) is 9.96. The average Bonchev–Trinajstić information content (AvgIpc) is 2.74. The molecule has 0 atom stereocenters. The molecule has 1 N–H and O–H groups in total. The molecule has 3 aromatic rings. The van der Waals surface area contributed by atoms with Crippen LogP contribution in [0.1, 0.15) is 10.4 Å². The smallest absolute Gasteiger partial charge is 0.255 e. The molecule has 0 radical (unpaired) electrons. The van der Waals surface area contributed by atoms with Crippen LogP contribution in [0, 0.1) is 0 Å². The summed E-state index contributed by atoms with van der Waals surface area (Å²) in [7, 11) is 4.61. The van der Waals surface area contributed by atoms with E-state index in [2.05, 4.69) is 15.3 Å². The van der Waals surface area contributed by atoms with Gasteiger partial charge in [0.1, 0.15) is 11.5 Å². The molecule has 28 heavy (non-hydrogen) atoms. The fraction of sp³-hybridized carbons (Fsp3) is 0.200. The van der Waals surface area contributed by atoms with E-state index in [1.54, 1.807) is 49.8 Å². The maximum atomic E-state index is 12.7. The number of ether oxygens (including phenoxy) is 2. The van der Waals surface area contributed by atoms with Gasteiger partial charge in [-0.25, -0.2) is 4.98 Å². The highest BCUT2D eigenvalue weighted by Gasteiger charge is 2.15. The summed E-state index contributed by atoms with van der Waals surface area (Å²) < 4.78 is 11.8. The third kappa shape index (κ3) is 4.01. The molecule has 0 saturated carbocycles. The molecular formula is C20H20N4O4. The maximum Gasteiger partial charge on any atom is 0.255 e. The summed E-state index contributed by atoms with van der Waals surface area (Å²) in [5.74, 6) is 1.06. The highest BCUT2D eigenvalue weighted by molar-refractivity contribution is 6.01. The Labute approximate surface area is 161 Å². The molecule has 2 heterocycles. The predicted molar refractivity (Wildman–Crippen MR) is 105 cm³/mol. The first-order valence-corrected chi connectivity index (χ1v) is 8.51. The lowest BCUT2D eigenvalue weighted by molar-refractivity contribution is 0.100. The lowest BCUT2D eigenvalue weighted by atomic mass is 10.1. The van der Waals surface area contributed by atoms with Crippen LogP contribution in [0.15, 0.2) is 53.6 Å². The number of anilines is 1. The van der Waals surface area contributed by atoms with Gasteiger partial charge in [0.25, 0.3) is 5.56 Å². The third-order valence-electron chi connectivity index (χ3n) is 4.23. The fourth-order valence-corrected chi connectivity index (χ4v) is 2.65. The highest BCUT2D eigenvalue weighted by atomic mass is 16.5. The van der Waals surface area contributed by atoms with Crippen LogP contribution in [0.5, 0.6) is 11.5 Å². The molecule has 0 aliphatic carbocycles. The Bertz CT molecular complexity index is 1050. The zero-order valence-electron chi connectivity index (χ0n) is 15.8. The minimum atomic E-state index is -0.240. The second kappa shape index (κ2) is 8.34. The van der Waals surface area contributed by atoms with E-state index in [1.165, 1.54) is 24.9 Å². The van der Waals surface area contributed by atoms with Gasteiger partial charge in [0, 0.05) is 31.1 Å². The van der Waals surface area contributed by atoms with Crippen molar-refractivity contribution in [2.45, 2.75) is 0 Å². The van der Waals surface area contributed by atoms with Crippen LogP contribution in [-0.2, 0) is 7.05 Å². The number of hydrogen-bond donors (Lipinski definition) is 1. The molecule has 8 nitrogen and oxygen atoms in total. The number of hydrogen-bond acceptors (Lipinski definition) is 7. The number of Topliss-reactive ketones (excluding diaryl/α,β-unsaturated/α-hetero) is 1. The average molecular weight is 380 g/mol. The van der Waals surface area contributed by atoms with Crippen LogP contribution in [0.4, 0.5) is 5.95 Å². The summed E-state index contributed by atoms with van der Waals surface area (Å²) >= 11 is 0. The van der Waals surface area contributed by atoms with Crippen molar-refractivity contribution in [3.8, 4) is 22.8 Å². The van der Waals surface area contributed by atoms with Gasteiger partial charge in [0.15, 0.2) is 5.78 Å². The Morgan fingerprint density at radius 1 is 1.11 bits per heavy atom. The standard InChI is InChI=1S/C20H20N4O4/c1-24-19(26)11-16(13-6-8-21-9-7-13)23-20(24)22-12-17(25)15-10-14(27-2)4-5-18(15)28-3/h4-11H,12H2,1-3H3,(H,22,23). The monoisotopic (exact) mass is 380 g/mol. The van der Waals surface area contributed by atoms with Gasteiger partial charge in [-0.3, -0.25) is 19.1 Å². The first-order chi connectivity index (χ1) is 13.5. The van der Waals surface area contributed by atoms with Crippen molar-refractivity contribution >= 4 is 11.7 Å². The number of carbonyl (C=O) groups excluding carboxylic acids is 1. The summed E-state index contributed by atoms with van der Waals surface area (Å²) in [4.78, 5) is 33.4. The Balaban J connectivity index is 1.86. The molecule has 0 aliphatic heterocycles. The van der Waals surface area contributed by atoms with Gasteiger partial charge in [-0.05, 0) is 30.3 Å². The minimum absolute atomic E-state index is 0.0659. The first-order valence-electron chi connectivity index (χ1n) is 8.51. The lowest BCUT2D eigenvalue weighted by Gasteiger charge is -2.13. The van der Waals surface area contributed by atoms with Gasteiger partial charge in [-0.2, -0.15) is 0 Å². The van der Waals surface area contributed by atoms with Crippen molar-refractivity contribution in [1.29, 1.82) is 0 Å². The van der Waals surface area contributed by atoms with Gasteiger partial charge in [0.05, 0.1) is 32.0 Å². The minimum Gasteiger partial charge on any atom is -0.497 e. The molecule has 0 spiro atoms. The van der Waals surface area contributed by atoms with Gasteiger partial charge >= 0.3 is 0 Å². The summed E-state index contributed by atoms with van der Waals surface area (Å²) in [6.07, 6.45) is 3.25. The van der Waals surface area contributed by atoms with Crippen LogP contribution in [0.25, 0.3) is 11.3 Å². The predicted octanol–water partition coefficient (Wildman–Crippen LogP) is 2.15. The van der Waals surface area contributed by atoms with Crippen LogP contribution < -0.4 is 20.3 Å². The van der Waals surface area contributed by atoms with E-state index < -0.39 is 0 Å². The van der Waals surface area contributed by atoms with Crippen molar-refractivity contribution in [2.75, 3.05) is 26.1 Å². The van der Waals surface area contributed by atoms with Gasteiger partial charge in [-0.1, -0.05) is 0 Å². The van der Waals surface area contributed by atoms with Crippen LogP contribution in [0.3, 0.4) is 0 Å². The Hall–Kier alpha value is -3.68. The van der Waals surface area contributed by atoms with E-state index in [-0.39, 0.29) is 23.8 Å². The lowest BCUT2D eigenvalue weighted by Crippen LogP contribution is -2.24. The normalized spacial score (nSPS) is 10.4. The Kier molecular flexibility index (Phi) is 5.69. The van der Waals surface area contributed by atoms with Gasteiger partial charge in [-0.15, -0.1) is 0 Å². The Morgan fingerprint density at radius 3 is 2.54 bits per heavy atom. The molecular weight excluding hydrogens is 360 g/mol. The number of nitrogens with one attached hydrogen (secondary N) is 1. The number of ketones is 1. The number of carbonyl (C=O) groups is 1. The molecule has 0 bridgehead atoms. The van der Waals surface area contributed by atoms with Crippen molar-refractivity contribution in [2.24, 2.45) is 7.05 Å². The largest absolute Gasteiger partial charge is 0.497 e. The first kappa shape index (κ1) is 19.1. The molecule has 1 aromatic carbocycles. The zero-order valence-corrected chi connectivity index (χ0v) is 15.8. The molecule has 0 aliphatic rings. The number of aromatic nitrogens is 3. The van der Waals surface area contributed by atoms with E-state index in [9.17, 15) is 9.59 Å². The quantitative estimate of drug-likeness (QED) is 0.628. The molecule has 144 valence electrons. The molecule has 8 heteroatoms. The molecule has 0 fully saturated rings. The zero-order chi connectivity index (χ0) is 20.1. The number of benzene rings is 1. The van der Waals surface area contributed by atoms with Crippen molar-refractivity contribution in [3.05, 3.63) is 64.7 Å². The molecule has 3 rings (SSSR count). The maximum absolute atomic E-state index is 12.7. The molecule has 0 amide bonds. The van der Waals surface area contributed by atoms with Crippen molar-refractivity contribution in [1.82, 2.24) is 14.5 Å². The SMILES string of the molecule is COc1ccc(OC)c(C(=O)CNc2nc(-c3ccncc3)cc(=O)n2C)c1. The number of methoxy groups -OCH3 is 2. The van der Waals surface area contributed by atoms with Gasteiger partial charge in [0.2, 0.25) is 5.95 Å². The Morgan fingerprint density at radius 2 is 1.86 bits per heavy atom. The summed E-state index contributed by atoms with van der Waals surface area (Å²) in [5.41, 5.74) is 1.40. The van der Waals surface area contributed by atoms with Crippen LogP contribution >= 0.6 is 0 Å². The number of pyridine rings is 1. The summed E-state index contributed by atoms with van der Waals surface area (Å²) in [5, 5.41) is 2.94. The topological polar surface area (TPSA) is 95.3 Å². The van der Waals surface area contributed by atoms with Gasteiger partial charge < -0.3 is 14.8 Å². The second-order valence-electron chi connectivity index (χ2n) is 5.94. The van der Waals surface area contributed by atoms with Crippen molar-refractivity contribution in [3.63, 3.8) is 0 Å². The van der Waals surface area contributed by atoms with Crippen molar-refractivity contribution < 1.29 is 14.3 Å². The van der Waals surface area contributed by atoms with E-state index in [1.807, 2.05) is 0 Å². The molecule has 2 aromatic heterocycles. The number of rotatable bonds is 7. The highest BCUT2D eigenvalue weighted by Crippen LogP contribution is 2.24. The third-order valence-corrected chi connectivity index (χ3v) is 4.23. The summed E-state index contributed by atoms with van der Waals surface area (Å²) in [6.45, 7) is -0.0659. The van der Waals surface area contributed by atoms with E-state index in [0.717, 1.165) is 5.56 Å². The fourth-order valence-electron chi connectivity index (χ4n) is 2.65. The number of nitrogens with zero attached hydrogens (tertiary/aromatic N) is 3. The second-order valence-corrected chi connectivity index (χ2v) is 5.94.